The molecule has 30 heavy (non-hydrogen) atoms. The summed E-state index contributed by atoms with van der Waals surface area (Å²) in [6, 6.07) is 12.7. The summed E-state index contributed by atoms with van der Waals surface area (Å²) in [4.78, 5) is 14.2. The second-order valence-corrected chi connectivity index (χ2v) is 12.1. The van der Waals surface area contributed by atoms with Crippen LogP contribution >= 0.6 is 0 Å². The van der Waals surface area contributed by atoms with Crippen molar-refractivity contribution in [3.8, 4) is 0 Å². The molecule has 0 spiro atoms. The van der Waals surface area contributed by atoms with Crippen LogP contribution in [-0.4, -0.2) is 51.7 Å². The largest absolute Gasteiger partial charge is 0.336 e. The summed E-state index contributed by atoms with van der Waals surface area (Å²) in [7, 11) is -6.92. The second kappa shape index (κ2) is 8.39. The van der Waals surface area contributed by atoms with Crippen molar-refractivity contribution in [2.24, 2.45) is 5.92 Å². The maximum Gasteiger partial charge on any atom is 0.261 e. The molecule has 7 nitrogen and oxygen atoms in total. The number of sulfone groups is 1. The number of likely N-dealkylation sites (tertiary alicyclic amines) is 1. The van der Waals surface area contributed by atoms with Gasteiger partial charge < -0.3 is 4.90 Å². The van der Waals surface area contributed by atoms with E-state index < -0.39 is 25.1 Å². The summed E-state index contributed by atoms with van der Waals surface area (Å²) in [6.07, 6.45) is 0. The van der Waals surface area contributed by atoms with Gasteiger partial charge in [0.25, 0.3) is 15.9 Å². The van der Waals surface area contributed by atoms with Crippen LogP contribution in [0.5, 0.6) is 0 Å². The molecule has 3 rings (SSSR count). The Hall–Kier alpha value is -2.39. The zero-order valence-corrected chi connectivity index (χ0v) is 18.8. The molecule has 0 bridgehead atoms. The number of hydrogen-bond acceptors (Lipinski definition) is 5. The predicted octanol–water partition coefficient (Wildman–Crippen LogP) is 2.69. The van der Waals surface area contributed by atoms with E-state index in [1.54, 1.807) is 12.1 Å². The minimum Gasteiger partial charge on any atom is -0.336 e. The van der Waals surface area contributed by atoms with Gasteiger partial charge in [-0.15, -0.1) is 0 Å². The van der Waals surface area contributed by atoms with Crippen molar-refractivity contribution in [3.05, 3.63) is 59.7 Å². The summed E-state index contributed by atoms with van der Waals surface area (Å²) in [6.45, 7) is 5.90. The highest BCUT2D eigenvalue weighted by Crippen LogP contribution is 2.23. The van der Waals surface area contributed by atoms with Gasteiger partial charge in [0, 0.05) is 24.3 Å². The lowest BCUT2D eigenvalue weighted by atomic mass is 10.1. The van der Waals surface area contributed by atoms with Crippen molar-refractivity contribution in [2.75, 3.05) is 23.6 Å². The maximum atomic E-state index is 12.6. The smallest absolute Gasteiger partial charge is 0.261 e. The number of sulfonamides is 1. The van der Waals surface area contributed by atoms with Crippen LogP contribution in [0.25, 0.3) is 0 Å². The third-order valence-corrected chi connectivity index (χ3v) is 8.72. The number of carbonyl (C=O) groups is 1. The van der Waals surface area contributed by atoms with Gasteiger partial charge in [-0.3, -0.25) is 9.52 Å². The number of amides is 1. The lowest BCUT2D eigenvalue weighted by Crippen LogP contribution is -2.57. The Morgan fingerprint density at radius 2 is 1.70 bits per heavy atom. The third kappa shape index (κ3) is 5.02. The number of benzene rings is 2. The number of nitrogens with zero attached hydrogens (tertiary/aromatic N) is 1. The van der Waals surface area contributed by atoms with Gasteiger partial charge in [0.1, 0.15) is 0 Å². The molecule has 1 aliphatic heterocycles. The number of anilines is 1. The summed E-state index contributed by atoms with van der Waals surface area (Å²) >= 11 is 0. The summed E-state index contributed by atoms with van der Waals surface area (Å²) in [5, 5.41) is -0.510. The van der Waals surface area contributed by atoms with Crippen molar-refractivity contribution >= 4 is 31.5 Å². The van der Waals surface area contributed by atoms with Crippen LogP contribution < -0.4 is 4.72 Å². The Bertz CT molecular complexity index is 1130. The SMILES string of the molecule is Cc1cccc(S(=O)(=O)Nc2ccc(C(=O)N3CC(S(=O)(=O)CC(C)C)C3)cc2)c1. The quantitative estimate of drug-likeness (QED) is 0.699. The number of aryl methyl sites for hydroxylation is 1. The van der Waals surface area contributed by atoms with Gasteiger partial charge in [-0.2, -0.15) is 0 Å². The van der Waals surface area contributed by atoms with Crippen molar-refractivity contribution < 1.29 is 21.6 Å². The van der Waals surface area contributed by atoms with Crippen molar-refractivity contribution in [2.45, 2.75) is 30.9 Å². The first-order chi connectivity index (χ1) is 14.0. The van der Waals surface area contributed by atoms with E-state index in [9.17, 15) is 21.6 Å². The molecular weight excluding hydrogens is 424 g/mol. The van der Waals surface area contributed by atoms with Gasteiger partial charge in [0.2, 0.25) is 0 Å². The van der Waals surface area contributed by atoms with Crippen molar-refractivity contribution in [3.63, 3.8) is 0 Å². The van der Waals surface area contributed by atoms with E-state index in [-0.39, 0.29) is 35.6 Å². The van der Waals surface area contributed by atoms with Crippen molar-refractivity contribution in [1.29, 1.82) is 0 Å². The van der Waals surface area contributed by atoms with E-state index in [0.29, 0.717) is 11.3 Å². The van der Waals surface area contributed by atoms with E-state index in [2.05, 4.69) is 4.72 Å². The first kappa shape index (κ1) is 22.3. The molecule has 9 heteroatoms. The van der Waals surface area contributed by atoms with Crippen LogP contribution in [0.2, 0.25) is 0 Å². The Kier molecular flexibility index (Phi) is 6.24. The van der Waals surface area contributed by atoms with Crippen molar-refractivity contribution in [1.82, 2.24) is 4.90 Å². The van der Waals surface area contributed by atoms with Gasteiger partial charge in [-0.1, -0.05) is 26.0 Å². The molecule has 1 saturated heterocycles. The Morgan fingerprint density at radius 3 is 2.27 bits per heavy atom. The van der Waals surface area contributed by atoms with Gasteiger partial charge in [-0.25, -0.2) is 16.8 Å². The van der Waals surface area contributed by atoms with Crippen LogP contribution in [0.15, 0.2) is 53.4 Å². The lowest BCUT2D eigenvalue weighted by Gasteiger charge is -2.39. The van der Waals surface area contributed by atoms with Crippen LogP contribution in [0, 0.1) is 12.8 Å². The van der Waals surface area contributed by atoms with Crippen LogP contribution in [0.4, 0.5) is 5.69 Å². The number of hydrogen-bond donors (Lipinski definition) is 1. The molecular formula is C21H26N2O5S2. The fourth-order valence-electron chi connectivity index (χ4n) is 3.29. The number of nitrogens with one attached hydrogen (secondary N) is 1. The molecule has 0 unspecified atom stereocenters. The monoisotopic (exact) mass is 450 g/mol. The molecule has 0 aromatic heterocycles. The first-order valence-electron chi connectivity index (χ1n) is 9.68. The lowest BCUT2D eigenvalue weighted by molar-refractivity contribution is 0.0659. The molecule has 1 N–H and O–H groups in total. The minimum atomic E-state index is -3.72. The van der Waals surface area contributed by atoms with E-state index in [1.807, 2.05) is 26.8 Å². The Balaban J connectivity index is 1.63. The van der Waals surface area contributed by atoms with Gasteiger partial charge in [0.15, 0.2) is 9.84 Å². The highest BCUT2D eigenvalue weighted by molar-refractivity contribution is 7.92. The maximum absolute atomic E-state index is 12.6. The van der Waals surface area contributed by atoms with E-state index in [1.165, 1.54) is 35.2 Å². The summed E-state index contributed by atoms with van der Waals surface area (Å²) in [5.41, 5.74) is 1.56. The number of carbonyl (C=O) groups excluding carboxylic acids is 1. The minimum absolute atomic E-state index is 0.0517. The fourth-order valence-corrected chi connectivity index (χ4v) is 6.47. The first-order valence-corrected chi connectivity index (χ1v) is 12.9. The van der Waals surface area contributed by atoms with Crippen LogP contribution in [0.3, 0.4) is 0 Å². The zero-order chi connectivity index (χ0) is 22.1. The molecule has 0 atom stereocenters. The van der Waals surface area contributed by atoms with E-state index in [4.69, 9.17) is 0 Å². The standard InChI is InChI=1S/C21H26N2O5S2/c1-15(2)14-29(25,26)20-12-23(13-20)21(24)17-7-9-18(10-8-17)22-30(27,28)19-6-4-5-16(3)11-19/h4-11,15,20,22H,12-14H2,1-3H3. The molecule has 1 aliphatic rings. The normalized spacial score (nSPS) is 15.1. The molecule has 1 heterocycles. The predicted molar refractivity (Wildman–Crippen MR) is 117 cm³/mol. The fraction of sp³-hybridized carbons (Fsp3) is 0.381. The molecule has 0 saturated carbocycles. The Labute approximate surface area is 178 Å². The molecule has 0 aliphatic carbocycles. The van der Waals surface area contributed by atoms with E-state index >= 15 is 0 Å². The molecule has 0 radical (unpaired) electrons. The molecule has 162 valence electrons. The highest BCUT2D eigenvalue weighted by atomic mass is 32.2. The highest BCUT2D eigenvalue weighted by Gasteiger charge is 2.39. The van der Waals surface area contributed by atoms with Crippen LogP contribution in [0.1, 0.15) is 29.8 Å². The molecule has 2 aromatic carbocycles. The van der Waals surface area contributed by atoms with Gasteiger partial charge >= 0.3 is 0 Å². The average molecular weight is 451 g/mol. The van der Waals surface area contributed by atoms with Gasteiger partial charge in [0.05, 0.1) is 15.9 Å². The second-order valence-electron chi connectivity index (χ2n) is 8.05. The zero-order valence-electron chi connectivity index (χ0n) is 17.2. The van der Waals surface area contributed by atoms with E-state index in [0.717, 1.165) is 5.56 Å². The Morgan fingerprint density at radius 1 is 1.07 bits per heavy atom. The molecule has 1 amide bonds. The van der Waals surface area contributed by atoms with Crippen LogP contribution in [-0.2, 0) is 19.9 Å². The summed E-state index contributed by atoms with van der Waals surface area (Å²) < 4.78 is 52.0. The average Bonchev–Trinajstić information content (AvgIpc) is 2.59. The topological polar surface area (TPSA) is 101 Å². The molecule has 1 fully saturated rings. The third-order valence-electron chi connectivity index (χ3n) is 4.89. The van der Waals surface area contributed by atoms with Gasteiger partial charge in [-0.05, 0) is 54.8 Å². The summed E-state index contributed by atoms with van der Waals surface area (Å²) in [5.74, 6) is -0.0925. The molecule has 2 aromatic rings. The number of rotatable bonds is 7.